The molecule has 8 heteroatoms. The number of nitrogens with one attached hydrogen (secondary N) is 1. The first kappa shape index (κ1) is 20.8. The minimum absolute atomic E-state index is 0.104. The molecule has 1 aromatic rings. The molecular formula is C20H30N4O3S. The molecule has 0 aromatic carbocycles. The van der Waals surface area contributed by atoms with Crippen LogP contribution in [0.1, 0.15) is 32.1 Å². The fraction of sp³-hybridized carbons (Fsp3) is 0.650. The van der Waals surface area contributed by atoms with Crippen LogP contribution < -0.4 is 10.2 Å². The summed E-state index contributed by atoms with van der Waals surface area (Å²) in [6.07, 6.45) is 8.84. The quantitative estimate of drug-likeness (QED) is 0.724. The second-order valence-electron chi connectivity index (χ2n) is 7.56. The van der Waals surface area contributed by atoms with Crippen LogP contribution in [0.5, 0.6) is 0 Å². The Balaban J connectivity index is 1.49. The highest BCUT2D eigenvalue weighted by atomic mass is 32.2. The Hall–Kier alpha value is -1.96. The summed E-state index contributed by atoms with van der Waals surface area (Å²) in [5.74, 6) is 2.13. The highest BCUT2D eigenvalue weighted by Gasteiger charge is 2.29. The smallest absolute Gasteiger partial charge is 0.405 e. The second kappa shape index (κ2) is 10.5. The third-order valence-electron chi connectivity index (χ3n) is 5.58. The minimum atomic E-state index is -1.13. The molecule has 0 spiro atoms. The van der Waals surface area contributed by atoms with Gasteiger partial charge in [0.2, 0.25) is 5.91 Å². The van der Waals surface area contributed by atoms with E-state index in [0.717, 1.165) is 24.5 Å². The van der Waals surface area contributed by atoms with Gasteiger partial charge in [-0.3, -0.25) is 9.78 Å². The van der Waals surface area contributed by atoms with E-state index in [1.165, 1.54) is 32.1 Å². The molecule has 154 valence electrons. The lowest BCUT2D eigenvalue weighted by Gasteiger charge is -2.37. The lowest BCUT2D eigenvalue weighted by atomic mass is 9.91. The van der Waals surface area contributed by atoms with Crippen LogP contribution in [0.2, 0.25) is 0 Å². The van der Waals surface area contributed by atoms with Gasteiger partial charge in [0.15, 0.2) is 0 Å². The number of thioether (sulfide) groups is 1. The van der Waals surface area contributed by atoms with E-state index < -0.39 is 12.1 Å². The predicted molar refractivity (Wildman–Crippen MR) is 112 cm³/mol. The number of pyridine rings is 1. The van der Waals surface area contributed by atoms with Crippen LogP contribution in [0, 0.1) is 5.92 Å². The molecule has 2 amide bonds. The average molecular weight is 407 g/mol. The Bertz CT molecular complexity index is 632. The van der Waals surface area contributed by atoms with Gasteiger partial charge in [0.25, 0.3) is 0 Å². The average Bonchev–Trinajstić information content (AvgIpc) is 2.74. The van der Waals surface area contributed by atoms with Crippen molar-refractivity contribution in [1.82, 2.24) is 15.2 Å². The molecule has 2 aliphatic rings. The number of amides is 2. The summed E-state index contributed by atoms with van der Waals surface area (Å²) in [6.45, 7) is 2.69. The zero-order valence-electron chi connectivity index (χ0n) is 16.3. The van der Waals surface area contributed by atoms with Gasteiger partial charge in [-0.1, -0.05) is 19.3 Å². The molecule has 0 unspecified atom stereocenters. The van der Waals surface area contributed by atoms with Crippen LogP contribution in [-0.4, -0.2) is 70.7 Å². The number of hydrogen-bond donors (Lipinski definition) is 2. The van der Waals surface area contributed by atoms with Crippen molar-refractivity contribution in [2.24, 2.45) is 5.92 Å². The van der Waals surface area contributed by atoms with Gasteiger partial charge in [0, 0.05) is 50.0 Å². The van der Waals surface area contributed by atoms with Gasteiger partial charge in [0.1, 0.15) is 6.04 Å². The molecule has 1 atom stereocenters. The number of hydrogen-bond acceptors (Lipinski definition) is 5. The molecule has 1 aliphatic heterocycles. The maximum atomic E-state index is 12.9. The van der Waals surface area contributed by atoms with Crippen LogP contribution in [0.25, 0.3) is 0 Å². The lowest BCUT2D eigenvalue weighted by molar-refractivity contribution is -0.133. The van der Waals surface area contributed by atoms with Crippen molar-refractivity contribution >= 4 is 29.4 Å². The van der Waals surface area contributed by atoms with Gasteiger partial charge in [-0.2, -0.15) is 11.8 Å². The maximum absolute atomic E-state index is 12.9. The summed E-state index contributed by atoms with van der Waals surface area (Å²) >= 11 is 1.71. The Labute approximate surface area is 170 Å². The Morgan fingerprint density at radius 3 is 2.46 bits per heavy atom. The summed E-state index contributed by atoms with van der Waals surface area (Å²) in [6, 6.07) is 3.26. The predicted octanol–water partition coefficient (Wildman–Crippen LogP) is 2.68. The third kappa shape index (κ3) is 6.02. The van der Waals surface area contributed by atoms with E-state index in [0.29, 0.717) is 24.8 Å². The van der Waals surface area contributed by atoms with Crippen molar-refractivity contribution in [2.45, 2.75) is 38.1 Å². The molecule has 1 aliphatic carbocycles. The van der Waals surface area contributed by atoms with Crippen molar-refractivity contribution in [3.63, 3.8) is 0 Å². The Morgan fingerprint density at radius 2 is 1.82 bits per heavy atom. The van der Waals surface area contributed by atoms with Gasteiger partial charge in [-0.25, -0.2) is 4.79 Å². The first-order valence-corrected chi connectivity index (χ1v) is 11.3. The number of aromatic nitrogens is 1. The molecule has 7 nitrogen and oxygen atoms in total. The Morgan fingerprint density at radius 1 is 1.14 bits per heavy atom. The highest BCUT2D eigenvalue weighted by molar-refractivity contribution is 7.99. The zero-order valence-corrected chi connectivity index (χ0v) is 17.1. The molecule has 1 aromatic heterocycles. The summed E-state index contributed by atoms with van der Waals surface area (Å²) < 4.78 is 0. The standard InChI is InChI=1S/C20H30N4O3S/c25-19(24-12-10-23(11-13-24)17-6-8-21-9-7-17)18(22-20(26)27)15-28-14-16-4-2-1-3-5-16/h6-9,16,18,22H,1-5,10-15H2,(H,26,27)/t18-/m0/s1. The van der Waals surface area contributed by atoms with Crippen LogP contribution >= 0.6 is 11.8 Å². The monoisotopic (exact) mass is 406 g/mol. The van der Waals surface area contributed by atoms with E-state index >= 15 is 0 Å². The molecule has 2 N–H and O–H groups in total. The Kier molecular flexibility index (Phi) is 7.82. The lowest BCUT2D eigenvalue weighted by Crippen LogP contribution is -2.55. The number of carboxylic acid groups (broad SMARTS) is 1. The summed E-state index contributed by atoms with van der Waals surface area (Å²) in [5.41, 5.74) is 1.10. The first-order chi connectivity index (χ1) is 13.6. The van der Waals surface area contributed by atoms with E-state index in [-0.39, 0.29) is 5.91 Å². The third-order valence-corrected chi connectivity index (χ3v) is 6.85. The zero-order chi connectivity index (χ0) is 19.8. The SMILES string of the molecule is O=C(O)N[C@@H](CSCC1CCCCC1)C(=O)N1CCN(c2ccncc2)CC1. The van der Waals surface area contributed by atoms with Crippen molar-refractivity contribution < 1.29 is 14.7 Å². The minimum Gasteiger partial charge on any atom is -0.465 e. The van der Waals surface area contributed by atoms with Gasteiger partial charge in [-0.15, -0.1) is 0 Å². The number of carbonyl (C=O) groups excluding carboxylic acids is 1. The normalized spacial score (nSPS) is 19.3. The van der Waals surface area contributed by atoms with Crippen LogP contribution in [-0.2, 0) is 4.79 Å². The van der Waals surface area contributed by atoms with E-state index in [1.807, 2.05) is 12.1 Å². The number of nitrogens with zero attached hydrogens (tertiary/aromatic N) is 3. The molecule has 28 heavy (non-hydrogen) atoms. The molecule has 0 bridgehead atoms. The summed E-state index contributed by atoms with van der Waals surface area (Å²) in [7, 11) is 0. The van der Waals surface area contributed by atoms with Crippen molar-refractivity contribution in [2.75, 3.05) is 42.6 Å². The second-order valence-corrected chi connectivity index (χ2v) is 8.64. The van der Waals surface area contributed by atoms with E-state index in [1.54, 1.807) is 29.1 Å². The molecule has 3 rings (SSSR count). The molecule has 2 heterocycles. The van der Waals surface area contributed by atoms with Crippen molar-refractivity contribution in [3.8, 4) is 0 Å². The number of carbonyl (C=O) groups is 2. The number of piperazine rings is 1. The van der Waals surface area contributed by atoms with E-state index in [9.17, 15) is 9.59 Å². The topological polar surface area (TPSA) is 85.8 Å². The van der Waals surface area contributed by atoms with E-state index in [4.69, 9.17) is 5.11 Å². The maximum Gasteiger partial charge on any atom is 0.405 e. The van der Waals surface area contributed by atoms with Crippen LogP contribution in [0.4, 0.5) is 10.5 Å². The summed E-state index contributed by atoms with van der Waals surface area (Å²) in [4.78, 5) is 32.2. The fourth-order valence-corrected chi connectivity index (χ4v) is 5.25. The molecule has 2 fully saturated rings. The molecule has 1 saturated carbocycles. The van der Waals surface area contributed by atoms with E-state index in [2.05, 4.69) is 15.2 Å². The fourth-order valence-electron chi connectivity index (χ4n) is 3.99. The number of rotatable bonds is 7. The largest absolute Gasteiger partial charge is 0.465 e. The molecule has 1 saturated heterocycles. The highest BCUT2D eigenvalue weighted by Crippen LogP contribution is 2.27. The first-order valence-electron chi connectivity index (χ1n) is 10.1. The van der Waals surface area contributed by atoms with Gasteiger partial charge >= 0.3 is 6.09 Å². The van der Waals surface area contributed by atoms with Gasteiger partial charge < -0.3 is 20.2 Å². The molecule has 0 radical (unpaired) electrons. The van der Waals surface area contributed by atoms with Crippen molar-refractivity contribution in [1.29, 1.82) is 0 Å². The van der Waals surface area contributed by atoms with Crippen LogP contribution in [0.3, 0.4) is 0 Å². The molecular weight excluding hydrogens is 376 g/mol. The number of anilines is 1. The van der Waals surface area contributed by atoms with Gasteiger partial charge in [0.05, 0.1) is 0 Å². The van der Waals surface area contributed by atoms with Crippen molar-refractivity contribution in [3.05, 3.63) is 24.5 Å². The van der Waals surface area contributed by atoms with Crippen LogP contribution in [0.15, 0.2) is 24.5 Å². The van der Waals surface area contributed by atoms with Gasteiger partial charge in [-0.05, 0) is 36.6 Å². The summed E-state index contributed by atoms with van der Waals surface area (Å²) in [5, 5.41) is 11.6.